The van der Waals surface area contributed by atoms with E-state index in [4.69, 9.17) is 16.3 Å². The molecule has 2 aromatic rings. The average molecular weight is 406 g/mol. The molecule has 0 spiro atoms. The molecule has 0 saturated carbocycles. The molecule has 0 unspecified atom stereocenters. The van der Waals surface area contributed by atoms with Gasteiger partial charge in [0, 0.05) is 27.3 Å². The zero-order valence-corrected chi connectivity index (χ0v) is 16.6. The van der Waals surface area contributed by atoms with E-state index in [1.165, 1.54) is 30.3 Å². The first-order valence-corrected chi connectivity index (χ1v) is 8.99. The number of carbonyl (C=O) groups is 3. The van der Waals surface area contributed by atoms with Gasteiger partial charge in [0.05, 0.1) is 6.42 Å². The largest absolute Gasteiger partial charge is 0.457 e. The molecule has 2 aromatic carbocycles. The third-order valence-corrected chi connectivity index (χ3v) is 4.25. The third-order valence-electron chi connectivity index (χ3n) is 3.89. The van der Waals surface area contributed by atoms with Gasteiger partial charge < -0.3 is 10.1 Å². The Morgan fingerprint density at radius 2 is 1.71 bits per heavy atom. The van der Waals surface area contributed by atoms with E-state index >= 15 is 0 Å². The highest BCUT2D eigenvalue weighted by Crippen LogP contribution is 2.20. The van der Waals surface area contributed by atoms with Gasteiger partial charge in [-0.15, -0.1) is 0 Å². The molecule has 148 valence electrons. The van der Waals surface area contributed by atoms with Crippen LogP contribution in [0.15, 0.2) is 42.5 Å². The number of halogens is 2. The Hall–Kier alpha value is -2.73. The molecular formula is C21H21ClFNO4. The number of nitrogens with one attached hydrogen (secondary N) is 1. The fraction of sp³-hybridized carbons (Fsp3) is 0.286. The lowest BCUT2D eigenvalue weighted by atomic mass is 9.95. The van der Waals surface area contributed by atoms with Gasteiger partial charge in [0.15, 0.2) is 12.4 Å². The van der Waals surface area contributed by atoms with Gasteiger partial charge in [-0.2, -0.15) is 0 Å². The number of esters is 1. The van der Waals surface area contributed by atoms with E-state index in [1.54, 1.807) is 32.9 Å². The van der Waals surface area contributed by atoms with Gasteiger partial charge in [0.1, 0.15) is 5.82 Å². The van der Waals surface area contributed by atoms with Gasteiger partial charge in [0.2, 0.25) is 5.91 Å². The maximum atomic E-state index is 13.7. The second kappa shape index (κ2) is 8.97. The summed E-state index contributed by atoms with van der Waals surface area (Å²) in [6.07, 6.45) is -0.365. The van der Waals surface area contributed by atoms with Crippen molar-refractivity contribution in [2.45, 2.75) is 27.2 Å². The summed E-state index contributed by atoms with van der Waals surface area (Å²) in [6.45, 7) is 4.91. The lowest BCUT2D eigenvalue weighted by Crippen LogP contribution is -2.27. The highest BCUT2D eigenvalue weighted by atomic mass is 35.5. The maximum absolute atomic E-state index is 13.7. The predicted molar refractivity (Wildman–Crippen MR) is 105 cm³/mol. The minimum Gasteiger partial charge on any atom is -0.457 e. The first kappa shape index (κ1) is 21.6. The van der Waals surface area contributed by atoms with Gasteiger partial charge >= 0.3 is 5.97 Å². The van der Waals surface area contributed by atoms with Crippen molar-refractivity contribution in [1.82, 2.24) is 0 Å². The van der Waals surface area contributed by atoms with Crippen LogP contribution in [-0.2, 0) is 20.7 Å². The van der Waals surface area contributed by atoms with Crippen LogP contribution in [0.5, 0.6) is 0 Å². The summed E-state index contributed by atoms with van der Waals surface area (Å²) in [5, 5.41) is 2.87. The second-order valence-corrected chi connectivity index (χ2v) is 7.65. The van der Waals surface area contributed by atoms with Crippen molar-refractivity contribution in [3.05, 3.63) is 64.4 Å². The molecule has 5 nitrogen and oxygen atoms in total. The molecule has 1 amide bonds. The van der Waals surface area contributed by atoms with E-state index in [0.717, 1.165) is 0 Å². The quantitative estimate of drug-likeness (QED) is 0.570. The summed E-state index contributed by atoms with van der Waals surface area (Å²) in [7, 11) is 0. The Morgan fingerprint density at radius 3 is 2.29 bits per heavy atom. The molecule has 1 N–H and O–H groups in total. The summed E-state index contributed by atoms with van der Waals surface area (Å²) < 4.78 is 18.6. The van der Waals surface area contributed by atoms with Crippen molar-refractivity contribution in [1.29, 1.82) is 0 Å². The first-order valence-electron chi connectivity index (χ1n) is 8.61. The number of carbonyl (C=O) groups excluding carboxylic acids is 3. The minimum atomic E-state index is -0.755. The molecule has 0 atom stereocenters. The van der Waals surface area contributed by atoms with Crippen LogP contribution in [0.4, 0.5) is 10.1 Å². The monoisotopic (exact) mass is 405 g/mol. The minimum absolute atomic E-state index is 0.0283. The number of hydrogen-bond acceptors (Lipinski definition) is 4. The molecule has 0 saturated heterocycles. The summed E-state index contributed by atoms with van der Waals surface area (Å²) >= 11 is 5.87. The molecule has 0 fully saturated rings. The van der Waals surface area contributed by atoms with Crippen LogP contribution in [0, 0.1) is 11.2 Å². The number of Topliss-reactive ketones (excluding diaryl/α,β-unsaturated/α-hetero) is 1. The molecule has 0 aliphatic carbocycles. The number of rotatable bonds is 6. The number of ketones is 1. The van der Waals surface area contributed by atoms with Crippen LogP contribution in [0.2, 0.25) is 5.02 Å². The zero-order chi connectivity index (χ0) is 20.9. The van der Waals surface area contributed by atoms with Gasteiger partial charge in [0.25, 0.3) is 0 Å². The van der Waals surface area contributed by atoms with Crippen molar-refractivity contribution in [2.24, 2.45) is 5.41 Å². The number of amides is 1. The summed E-state index contributed by atoms with van der Waals surface area (Å²) in [4.78, 5) is 36.0. The van der Waals surface area contributed by atoms with Crippen LogP contribution >= 0.6 is 11.6 Å². The fourth-order valence-corrected chi connectivity index (χ4v) is 2.41. The molecule has 7 heteroatoms. The van der Waals surface area contributed by atoms with Crippen LogP contribution in [0.1, 0.15) is 36.7 Å². The predicted octanol–water partition coefficient (Wildman–Crippen LogP) is 4.43. The van der Waals surface area contributed by atoms with E-state index in [0.29, 0.717) is 11.3 Å². The van der Waals surface area contributed by atoms with E-state index in [-0.39, 0.29) is 22.9 Å². The van der Waals surface area contributed by atoms with Gasteiger partial charge in [-0.1, -0.05) is 38.4 Å². The maximum Gasteiger partial charge on any atom is 0.310 e. The smallest absolute Gasteiger partial charge is 0.310 e. The lowest BCUT2D eigenvalue weighted by Gasteiger charge is -2.17. The van der Waals surface area contributed by atoms with E-state index < -0.39 is 29.6 Å². The standard InChI is InChI=1S/C21H21ClFNO4/c1-21(2,3)20(27)24-14-9-7-13(8-10-14)18(25)12-28-19(26)11-15-16(22)5-4-6-17(15)23/h4-10H,11-12H2,1-3H3,(H,24,27). The topological polar surface area (TPSA) is 72.5 Å². The summed E-state index contributed by atoms with van der Waals surface area (Å²) in [5.41, 5.74) is 0.373. The number of anilines is 1. The van der Waals surface area contributed by atoms with Crippen LogP contribution in [0.3, 0.4) is 0 Å². The molecule has 28 heavy (non-hydrogen) atoms. The van der Waals surface area contributed by atoms with Crippen LogP contribution in [-0.4, -0.2) is 24.3 Å². The van der Waals surface area contributed by atoms with Gasteiger partial charge in [-0.25, -0.2) is 4.39 Å². The van der Waals surface area contributed by atoms with Crippen molar-refractivity contribution < 1.29 is 23.5 Å². The molecule has 0 bridgehead atoms. The van der Waals surface area contributed by atoms with Gasteiger partial charge in [-0.3, -0.25) is 14.4 Å². The van der Waals surface area contributed by atoms with Crippen molar-refractivity contribution >= 4 is 34.9 Å². The number of benzene rings is 2. The SMILES string of the molecule is CC(C)(C)C(=O)Nc1ccc(C(=O)COC(=O)Cc2c(F)cccc2Cl)cc1. The van der Waals surface area contributed by atoms with Crippen molar-refractivity contribution in [3.63, 3.8) is 0 Å². The Kier molecular flexibility index (Phi) is 6.91. The highest BCUT2D eigenvalue weighted by molar-refractivity contribution is 6.31. The Labute approximate surface area is 167 Å². The van der Waals surface area contributed by atoms with Crippen LogP contribution < -0.4 is 5.32 Å². The lowest BCUT2D eigenvalue weighted by molar-refractivity contribution is -0.141. The summed E-state index contributed by atoms with van der Waals surface area (Å²) in [6, 6.07) is 10.3. The fourth-order valence-electron chi connectivity index (χ4n) is 2.18. The van der Waals surface area contributed by atoms with E-state index in [2.05, 4.69) is 5.32 Å². The highest BCUT2D eigenvalue weighted by Gasteiger charge is 2.21. The molecule has 0 aliphatic rings. The second-order valence-electron chi connectivity index (χ2n) is 7.24. The number of ether oxygens (including phenoxy) is 1. The van der Waals surface area contributed by atoms with Gasteiger partial charge in [-0.05, 0) is 36.4 Å². The zero-order valence-electron chi connectivity index (χ0n) is 15.8. The van der Waals surface area contributed by atoms with E-state index in [9.17, 15) is 18.8 Å². The Bertz CT molecular complexity index is 868. The molecule has 0 aromatic heterocycles. The van der Waals surface area contributed by atoms with E-state index in [1.807, 2.05) is 0 Å². The Balaban J connectivity index is 1.91. The van der Waals surface area contributed by atoms with Crippen LogP contribution in [0.25, 0.3) is 0 Å². The third kappa shape index (κ3) is 5.89. The normalized spacial score (nSPS) is 11.0. The number of hydrogen-bond donors (Lipinski definition) is 1. The summed E-state index contributed by atoms with van der Waals surface area (Å²) in [5.74, 6) is -1.92. The molecule has 2 rings (SSSR count). The Morgan fingerprint density at radius 1 is 1.07 bits per heavy atom. The molecule has 0 aliphatic heterocycles. The molecule has 0 radical (unpaired) electrons. The molecular weight excluding hydrogens is 385 g/mol. The van der Waals surface area contributed by atoms with Crippen molar-refractivity contribution in [3.8, 4) is 0 Å². The first-order chi connectivity index (χ1) is 13.1. The van der Waals surface area contributed by atoms with Crippen molar-refractivity contribution in [2.75, 3.05) is 11.9 Å². The average Bonchev–Trinajstić information content (AvgIpc) is 2.62. The molecule has 0 heterocycles.